The van der Waals surface area contributed by atoms with Crippen LogP contribution in [0.2, 0.25) is 0 Å². The van der Waals surface area contributed by atoms with Gasteiger partial charge in [-0.1, -0.05) is 164 Å². The van der Waals surface area contributed by atoms with Crippen LogP contribution in [0.4, 0.5) is 5.69 Å². The van der Waals surface area contributed by atoms with Gasteiger partial charge in [-0.15, -0.1) is 0 Å². The first kappa shape index (κ1) is 38.5. The summed E-state index contributed by atoms with van der Waals surface area (Å²) in [6, 6.07) is 70.8. The fourth-order valence-electron chi connectivity index (χ4n) is 8.41. The van der Waals surface area contributed by atoms with Crippen molar-refractivity contribution in [1.82, 2.24) is 29.5 Å². The average molecular weight is 831 g/mol. The molecule has 0 atom stereocenters. The van der Waals surface area contributed by atoms with Crippen molar-refractivity contribution < 1.29 is 0 Å². The molecule has 302 valence electrons. The number of hydrogen-bond donors (Lipinski definition) is 0. The Kier molecular flexibility index (Phi) is 9.78. The highest BCUT2D eigenvalue weighted by molar-refractivity contribution is 6.11. The van der Waals surface area contributed by atoms with E-state index in [1.165, 1.54) is 0 Å². The zero-order valence-corrected chi connectivity index (χ0v) is 34.7. The summed E-state index contributed by atoms with van der Waals surface area (Å²) in [5.74, 6) is 2.14. The van der Waals surface area contributed by atoms with Crippen LogP contribution in [0.15, 0.2) is 206 Å². The zero-order valence-electron chi connectivity index (χ0n) is 34.7. The van der Waals surface area contributed by atoms with Crippen LogP contribution in [0, 0.1) is 17.9 Å². The first-order chi connectivity index (χ1) is 32.1. The number of nitriles is 1. The van der Waals surface area contributed by atoms with E-state index in [1.807, 2.05) is 121 Å². The molecule has 8 aromatic carbocycles. The molecule has 3 heterocycles. The second-order valence-corrected chi connectivity index (χ2v) is 15.5. The molecular weight excluding hydrogens is 797 g/mol. The SMILES string of the molecule is [C-]#[N+]c1ccc(-c2ccc3c4ccccc4n(-c4ccc(-c5nc(-c6ccccc6)nc(-c6ccccc6)n5)cc4-c4nc(-c5ccccc5)cc(-c5ccccc5)n4)c3c2)c(C#N)c1. The lowest BCUT2D eigenvalue weighted by atomic mass is 9.98. The Bertz CT molecular complexity index is 3550. The van der Waals surface area contributed by atoms with E-state index in [0.29, 0.717) is 34.5 Å². The molecule has 0 unspecified atom stereocenters. The molecule has 3 aromatic heterocycles. The van der Waals surface area contributed by atoms with Gasteiger partial charge in [0, 0.05) is 49.7 Å². The Morgan fingerprint density at radius 1 is 0.400 bits per heavy atom. The van der Waals surface area contributed by atoms with Gasteiger partial charge in [-0.05, 0) is 53.6 Å². The molecule has 0 saturated heterocycles. The minimum absolute atomic E-state index is 0.419. The number of nitrogens with zero attached hydrogens (tertiary/aromatic N) is 8. The molecule has 0 aliphatic rings. The molecule has 0 fully saturated rings. The highest BCUT2D eigenvalue weighted by Gasteiger charge is 2.22. The van der Waals surface area contributed by atoms with E-state index in [0.717, 1.165) is 83.4 Å². The van der Waals surface area contributed by atoms with Crippen LogP contribution in [0.3, 0.4) is 0 Å². The number of para-hydroxylation sites is 1. The summed E-state index contributed by atoms with van der Waals surface area (Å²) in [7, 11) is 0. The summed E-state index contributed by atoms with van der Waals surface area (Å²) in [5, 5.41) is 12.3. The number of benzene rings is 8. The van der Waals surface area contributed by atoms with Crippen LogP contribution in [0.5, 0.6) is 0 Å². The predicted octanol–water partition coefficient (Wildman–Crippen LogP) is 13.9. The lowest BCUT2D eigenvalue weighted by molar-refractivity contribution is 1.07. The Morgan fingerprint density at radius 3 is 1.51 bits per heavy atom. The van der Waals surface area contributed by atoms with Crippen molar-refractivity contribution in [2.75, 3.05) is 0 Å². The van der Waals surface area contributed by atoms with Crippen LogP contribution < -0.4 is 0 Å². The smallest absolute Gasteiger partial charge is 0.188 e. The minimum atomic E-state index is 0.419. The summed E-state index contributed by atoms with van der Waals surface area (Å²) in [6.07, 6.45) is 0. The standard InChI is InChI=1S/C57H34N8/c1-59-44-28-30-45(43(32-44)36-58)41-26-29-47-46-24-14-15-25-51(46)65(53(47)34-41)52-31-27-42(56-63-54(39-20-10-4-11-21-39)62-55(64-56)40-22-12-5-13-23-40)33-48(52)57-60-49(37-16-6-2-7-17-37)35-50(61-57)38-18-8-3-9-19-38/h2-35H. The first-order valence-corrected chi connectivity index (χ1v) is 21.1. The second-order valence-electron chi connectivity index (χ2n) is 15.5. The molecule has 0 saturated carbocycles. The van der Waals surface area contributed by atoms with Crippen molar-refractivity contribution >= 4 is 27.5 Å². The molecule has 0 aliphatic carbocycles. The van der Waals surface area contributed by atoms with Gasteiger partial charge in [-0.3, -0.25) is 0 Å². The number of hydrogen-bond acceptors (Lipinski definition) is 6. The van der Waals surface area contributed by atoms with Crippen LogP contribution in [0.25, 0.3) is 112 Å². The second kappa shape index (κ2) is 16.5. The summed E-state index contributed by atoms with van der Waals surface area (Å²) >= 11 is 0. The molecule has 65 heavy (non-hydrogen) atoms. The molecular formula is C57H34N8. The Morgan fingerprint density at radius 2 is 0.923 bits per heavy atom. The van der Waals surface area contributed by atoms with Crippen molar-refractivity contribution in [2.45, 2.75) is 0 Å². The third-order valence-corrected chi connectivity index (χ3v) is 11.5. The van der Waals surface area contributed by atoms with Crippen molar-refractivity contribution in [3.8, 4) is 90.9 Å². The van der Waals surface area contributed by atoms with Gasteiger partial charge < -0.3 is 4.57 Å². The molecule has 8 heteroatoms. The summed E-state index contributed by atoms with van der Waals surface area (Å²) in [4.78, 5) is 29.5. The summed E-state index contributed by atoms with van der Waals surface area (Å²) in [6.45, 7) is 7.56. The lowest BCUT2D eigenvalue weighted by Crippen LogP contribution is -2.04. The predicted molar refractivity (Wildman–Crippen MR) is 259 cm³/mol. The normalized spacial score (nSPS) is 11.0. The molecule has 8 nitrogen and oxygen atoms in total. The first-order valence-electron chi connectivity index (χ1n) is 21.1. The molecule has 0 aliphatic heterocycles. The molecule has 0 bridgehead atoms. The Labute approximate surface area is 374 Å². The van der Waals surface area contributed by atoms with E-state index in [2.05, 4.69) is 88.3 Å². The van der Waals surface area contributed by atoms with Crippen molar-refractivity contribution in [1.29, 1.82) is 5.26 Å². The molecule has 0 amide bonds. The van der Waals surface area contributed by atoms with Crippen LogP contribution in [-0.4, -0.2) is 29.5 Å². The van der Waals surface area contributed by atoms with Crippen molar-refractivity contribution in [3.63, 3.8) is 0 Å². The summed E-state index contributed by atoms with van der Waals surface area (Å²) < 4.78 is 2.26. The van der Waals surface area contributed by atoms with E-state index < -0.39 is 0 Å². The maximum absolute atomic E-state index is 10.2. The Hall–Kier alpha value is -9.37. The van der Waals surface area contributed by atoms with Crippen LogP contribution in [-0.2, 0) is 0 Å². The topological polar surface area (TPSA) is 97.5 Å². The quantitative estimate of drug-likeness (QED) is 0.141. The molecule has 0 radical (unpaired) electrons. The van der Waals surface area contributed by atoms with Crippen LogP contribution in [0.1, 0.15) is 5.56 Å². The largest absolute Gasteiger partial charge is 0.308 e. The fourth-order valence-corrected chi connectivity index (χ4v) is 8.41. The van der Waals surface area contributed by atoms with E-state index in [4.69, 9.17) is 31.5 Å². The van der Waals surface area contributed by atoms with Gasteiger partial charge in [-0.25, -0.2) is 29.8 Å². The maximum atomic E-state index is 10.2. The number of fused-ring (bicyclic) bond motifs is 3. The van der Waals surface area contributed by atoms with Gasteiger partial charge in [0.25, 0.3) is 0 Å². The van der Waals surface area contributed by atoms with Crippen molar-refractivity contribution in [3.05, 3.63) is 223 Å². The van der Waals surface area contributed by atoms with Gasteiger partial charge in [-0.2, -0.15) is 5.26 Å². The monoisotopic (exact) mass is 830 g/mol. The van der Waals surface area contributed by atoms with Crippen molar-refractivity contribution in [2.24, 2.45) is 0 Å². The maximum Gasteiger partial charge on any atom is 0.188 e. The zero-order chi connectivity index (χ0) is 43.7. The third kappa shape index (κ3) is 7.23. The van der Waals surface area contributed by atoms with E-state index in [-0.39, 0.29) is 0 Å². The van der Waals surface area contributed by atoms with E-state index >= 15 is 0 Å². The number of aromatic nitrogens is 6. The van der Waals surface area contributed by atoms with Gasteiger partial charge >= 0.3 is 0 Å². The van der Waals surface area contributed by atoms with E-state index in [1.54, 1.807) is 12.1 Å². The average Bonchev–Trinajstić information content (AvgIpc) is 3.72. The van der Waals surface area contributed by atoms with E-state index in [9.17, 15) is 5.26 Å². The molecule has 0 spiro atoms. The third-order valence-electron chi connectivity index (χ3n) is 11.5. The molecule has 0 N–H and O–H groups in total. The van der Waals surface area contributed by atoms with Gasteiger partial charge in [0.2, 0.25) is 0 Å². The highest BCUT2D eigenvalue weighted by Crippen LogP contribution is 2.40. The highest BCUT2D eigenvalue weighted by atomic mass is 15.0. The Balaban J connectivity index is 1.21. The fraction of sp³-hybridized carbons (Fsp3) is 0. The number of rotatable bonds is 8. The van der Waals surface area contributed by atoms with Gasteiger partial charge in [0.1, 0.15) is 0 Å². The lowest BCUT2D eigenvalue weighted by Gasteiger charge is -2.17. The summed E-state index contributed by atoms with van der Waals surface area (Å²) in [5.41, 5.74) is 12.0. The molecule has 11 rings (SSSR count). The van der Waals surface area contributed by atoms with Gasteiger partial charge in [0.05, 0.1) is 40.8 Å². The minimum Gasteiger partial charge on any atom is -0.308 e. The van der Waals surface area contributed by atoms with Gasteiger partial charge in [0.15, 0.2) is 29.0 Å². The van der Waals surface area contributed by atoms with Crippen LogP contribution >= 0.6 is 0 Å². The molecule has 11 aromatic rings.